The topological polar surface area (TPSA) is 61.6 Å². The number of fused-ring (bicyclic) bond motifs is 1. The molecular weight excluding hydrogens is 484 g/mol. The van der Waals surface area contributed by atoms with E-state index in [1.165, 1.54) is 48.3 Å². The Morgan fingerprint density at radius 1 is 1.15 bits per heavy atom. The van der Waals surface area contributed by atoms with E-state index >= 15 is 0 Å². The molecular formula is C33H50N4O2. The number of likely N-dealkylation sites (tertiary alicyclic amines) is 1. The number of aliphatic carboxylic acids is 1. The number of rotatable bonds is 9. The van der Waals surface area contributed by atoms with Crippen molar-refractivity contribution in [1.29, 1.82) is 0 Å². The molecule has 0 radical (unpaired) electrons. The number of nitrogens with zero attached hydrogens (tertiary/aromatic N) is 4. The molecule has 6 heteroatoms. The van der Waals surface area contributed by atoms with Crippen molar-refractivity contribution in [3.8, 4) is 0 Å². The Balaban J connectivity index is 1.29. The van der Waals surface area contributed by atoms with Gasteiger partial charge in [0.15, 0.2) is 0 Å². The van der Waals surface area contributed by atoms with Crippen molar-refractivity contribution < 1.29 is 9.90 Å². The maximum atomic E-state index is 12.1. The Hall–Kier alpha value is -2.18. The van der Waals surface area contributed by atoms with Gasteiger partial charge in [-0.25, -0.2) is 4.98 Å². The van der Waals surface area contributed by atoms with Gasteiger partial charge in [-0.1, -0.05) is 50.6 Å². The van der Waals surface area contributed by atoms with Crippen LogP contribution in [0.2, 0.25) is 0 Å². The second kappa shape index (κ2) is 12.1. The lowest BCUT2D eigenvalue weighted by molar-refractivity contribution is -0.145. The minimum atomic E-state index is -0.696. The Kier molecular flexibility index (Phi) is 8.82. The second-order valence-electron chi connectivity index (χ2n) is 13.0. The van der Waals surface area contributed by atoms with Gasteiger partial charge >= 0.3 is 5.97 Å². The first kappa shape index (κ1) is 28.4. The third kappa shape index (κ3) is 5.97. The minimum Gasteiger partial charge on any atom is -0.480 e. The fourth-order valence-corrected chi connectivity index (χ4v) is 8.09. The highest BCUT2D eigenvalue weighted by Crippen LogP contribution is 2.44. The molecule has 2 fully saturated rings. The van der Waals surface area contributed by atoms with Crippen LogP contribution in [0.1, 0.15) is 99.5 Å². The van der Waals surface area contributed by atoms with E-state index in [2.05, 4.69) is 52.5 Å². The van der Waals surface area contributed by atoms with Gasteiger partial charge in [0.25, 0.3) is 0 Å². The third-order valence-electron chi connectivity index (χ3n) is 10.0. The number of imidazole rings is 1. The summed E-state index contributed by atoms with van der Waals surface area (Å²) in [4.78, 5) is 22.1. The van der Waals surface area contributed by atoms with Crippen LogP contribution in [-0.2, 0) is 24.2 Å². The highest BCUT2D eigenvalue weighted by molar-refractivity contribution is 5.73. The summed E-state index contributed by atoms with van der Waals surface area (Å²) in [6, 6.07) is 8.89. The second-order valence-corrected chi connectivity index (χ2v) is 13.0. The van der Waals surface area contributed by atoms with Gasteiger partial charge in [-0.15, -0.1) is 0 Å². The molecule has 1 aromatic heterocycles. The molecule has 3 heterocycles. The van der Waals surface area contributed by atoms with Crippen molar-refractivity contribution in [2.24, 2.45) is 11.8 Å². The number of benzene rings is 1. The standard InChI is InChI=1S/C33H50N4O2/c1-6-29-32(37-15-8-7-12-30(37)34-29)24-13-16-36(17-14-24)21-26-19-27(35(5)31(22(2)3)33(38)39)20-28(26)25-11-9-10-23(4)18-25/h9-11,18,22,24,26-28,31H,6-8,12-17,19-21H2,1-5H3,(H,38,39)/t26-,27+,28-,31-/m1/s1. The molecule has 1 saturated carbocycles. The van der Waals surface area contributed by atoms with Crippen molar-refractivity contribution in [2.45, 2.75) is 110 Å². The zero-order valence-corrected chi connectivity index (χ0v) is 24.9. The number of carboxylic acid groups (broad SMARTS) is 1. The van der Waals surface area contributed by atoms with E-state index in [4.69, 9.17) is 4.98 Å². The van der Waals surface area contributed by atoms with Crippen molar-refractivity contribution >= 4 is 5.97 Å². The van der Waals surface area contributed by atoms with Crippen LogP contribution in [0.15, 0.2) is 24.3 Å². The van der Waals surface area contributed by atoms with Crippen molar-refractivity contribution in [1.82, 2.24) is 19.4 Å². The molecule has 3 aliphatic rings. The van der Waals surface area contributed by atoms with E-state index in [9.17, 15) is 9.90 Å². The van der Waals surface area contributed by atoms with E-state index in [1.807, 2.05) is 20.9 Å². The number of hydrogen-bond acceptors (Lipinski definition) is 4. The number of aryl methyl sites for hydroxylation is 3. The van der Waals surface area contributed by atoms with Gasteiger partial charge in [0, 0.05) is 37.2 Å². The fraction of sp³-hybridized carbons (Fsp3) is 0.697. The molecule has 0 bridgehead atoms. The summed E-state index contributed by atoms with van der Waals surface area (Å²) in [6.07, 6.45) is 9.30. The summed E-state index contributed by atoms with van der Waals surface area (Å²) < 4.78 is 2.58. The van der Waals surface area contributed by atoms with Crippen LogP contribution in [0.3, 0.4) is 0 Å². The number of hydrogen-bond donors (Lipinski definition) is 1. The monoisotopic (exact) mass is 534 g/mol. The average molecular weight is 535 g/mol. The zero-order chi connectivity index (χ0) is 27.7. The van der Waals surface area contributed by atoms with Gasteiger partial charge < -0.3 is 14.6 Å². The first-order valence-corrected chi connectivity index (χ1v) is 15.6. The van der Waals surface area contributed by atoms with Crippen LogP contribution >= 0.6 is 0 Å². The van der Waals surface area contributed by atoms with Crippen molar-refractivity contribution in [3.63, 3.8) is 0 Å². The summed E-state index contributed by atoms with van der Waals surface area (Å²) in [7, 11) is 2.04. The van der Waals surface area contributed by atoms with Gasteiger partial charge in [-0.2, -0.15) is 0 Å². The van der Waals surface area contributed by atoms with E-state index in [1.54, 1.807) is 5.69 Å². The number of aromatic nitrogens is 2. The lowest BCUT2D eigenvalue weighted by atomic mass is 9.86. The summed E-state index contributed by atoms with van der Waals surface area (Å²) in [5.74, 6) is 2.38. The van der Waals surface area contributed by atoms with E-state index in [0.29, 0.717) is 23.8 Å². The smallest absolute Gasteiger partial charge is 0.321 e. The predicted octanol–water partition coefficient (Wildman–Crippen LogP) is 5.87. The predicted molar refractivity (Wildman–Crippen MR) is 157 cm³/mol. The number of likely N-dealkylation sites (N-methyl/N-ethyl adjacent to an activating group) is 1. The fourth-order valence-electron chi connectivity index (χ4n) is 8.09. The first-order valence-electron chi connectivity index (χ1n) is 15.6. The average Bonchev–Trinajstić information content (AvgIpc) is 3.50. The summed E-state index contributed by atoms with van der Waals surface area (Å²) >= 11 is 0. The number of carboxylic acids is 1. The van der Waals surface area contributed by atoms with Crippen LogP contribution < -0.4 is 0 Å². The summed E-state index contributed by atoms with van der Waals surface area (Å²) in [5, 5.41) is 9.98. The number of carbonyl (C=O) groups is 1. The lowest BCUT2D eigenvalue weighted by Gasteiger charge is -2.36. The van der Waals surface area contributed by atoms with Crippen LogP contribution in [0.25, 0.3) is 0 Å². The lowest BCUT2D eigenvalue weighted by Crippen LogP contribution is -2.47. The van der Waals surface area contributed by atoms with Crippen LogP contribution in [0.4, 0.5) is 0 Å². The molecule has 6 nitrogen and oxygen atoms in total. The molecule has 0 spiro atoms. The van der Waals surface area contributed by atoms with Gasteiger partial charge in [0.1, 0.15) is 11.9 Å². The quantitative estimate of drug-likeness (QED) is 0.436. The van der Waals surface area contributed by atoms with Crippen LogP contribution in [0.5, 0.6) is 0 Å². The maximum Gasteiger partial charge on any atom is 0.321 e. The van der Waals surface area contributed by atoms with Gasteiger partial charge in [-0.05, 0) is 95.3 Å². The molecule has 214 valence electrons. The Morgan fingerprint density at radius 3 is 2.59 bits per heavy atom. The molecule has 39 heavy (non-hydrogen) atoms. The number of piperidine rings is 1. The zero-order valence-electron chi connectivity index (χ0n) is 24.9. The summed E-state index contributed by atoms with van der Waals surface area (Å²) in [5.41, 5.74) is 5.65. The molecule has 1 aromatic carbocycles. The Bertz CT molecular complexity index is 1130. The van der Waals surface area contributed by atoms with Crippen LogP contribution in [0, 0.1) is 18.8 Å². The maximum absolute atomic E-state index is 12.1. The van der Waals surface area contributed by atoms with Crippen molar-refractivity contribution in [2.75, 3.05) is 26.7 Å². The largest absolute Gasteiger partial charge is 0.480 e. The van der Waals surface area contributed by atoms with Gasteiger partial charge in [0.2, 0.25) is 0 Å². The molecule has 2 aliphatic heterocycles. The highest BCUT2D eigenvalue weighted by atomic mass is 16.4. The van der Waals surface area contributed by atoms with Gasteiger partial charge in [0.05, 0.1) is 5.69 Å². The van der Waals surface area contributed by atoms with Crippen LogP contribution in [-0.4, -0.2) is 69.2 Å². The Morgan fingerprint density at radius 2 is 1.92 bits per heavy atom. The third-order valence-corrected chi connectivity index (χ3v) is 10.0. The highest BCUT2D eigenvalue weighted by Gasteiger charge is 2.42. The van der Waals surface area contributed by atoms with E-state index in [-0.39, 0.29) is 5.92 Å². The van der Waals surface area contributed by atoms with Gasteiger partial charge in [-0.3, -0.25) is 9.69 Å². The molecule has 1 aliphatic carbocycles. The van der Waals surface area contributed by atoms with E-state index in [0.717, 1.165) is 51.9 Å². The van der Waals surface area contributed by atoms with Crippen molar-refractivity contribution in [3.05, 3.63) is 52.6 Å². The van der Waals surface area contributed by atoms with E-state index < -0.39 is 12.0 Å². The molecule has 2 aromatic rings. The normalized spacial score (nSPS) is 25.4. The minimum absolute atomic E-state index is 0.0882. The molecule has 0 unspecified atom stereocenters. The SMILES string of the molecule is CCc1nc2n(c1C1CCN(C[C@H]3C[C@H](N(C)[C@@H](C(=O)O)C(C)C)C[C@@H]3c3cccc(C)c3)CC1)CCCC2. The molecule has 5 rings (SSSR count). The molecule has 1 saturated heterocycles. The first-order chi connectivity index (χ1) is 18.8. The Labute approximate surface area is 235 Å². The molecule has 1 N–H and O–H groups in total. The summed E-state index contributed by atoms with van der Waals surface area (Å²) in [6.45, 7) is 13.1. The molecule has 4 atom stereocenters. The molecule has 0 amide bonds.